The maximum Gasteiger partial charge on any atom is 0.265 e. The van der Waals surface area contributed by atoms with Crippen molar-refractivity contribution >= 4 is 49.7 Å². The number of aromatic nitrogens is 1. The largest absolute Gasteiger partial charge is 0.479 e. The van der Waals surface area contributed by atoms with E-state index >= 15 is 0 Å². The van der Waals surface area contributed by atoms with Crippen LogP contribution in [0.1, 0.15) is 12.5 Å². The molecule has 0 bridgehead atoms. The normalized spacial score (nSPS) is 17.4. The molecule has 0 aliphatic carbocycles. The van der Waals surface area contributed by atoms with E-state index < -0.39 is 16.1 Å². The minimum atomic E-state index is -3.88. The third kappa shape index (κ3) is 3.49. The zero-order chi connectivity index (χ0) is 22.6. The molecule has 2 amide bonds. The Kier molecular flexibility index (Phi) is 4.68. The molecule has 3 aromatic rings. The van der Waals surface area contributed by atoms with Crippen LogP contribution in [0.15, 0.2) is 46.7 Å². The minimum absolute atomic E-state index is 0.0684. The molecule has 11 heteroatoms. The molecular formula is C21H18N4O5S2. The monoisotopic (exact) mass is 470 g/mol. The van der Waals surface area contributed by atoms with E-state index in [2.05, 4.69) is 15.0 Å². The van der Waals surface area contributed by atoms with Gasteiger partial charge in [-0.3, -0.25) is 14.3 Å². The Balaban J connectivity index is 1.38. The smallest absolute Gasteiger partial charge is 0.265 e. The van der Waals surface area contributed by atoms with Crippen molar-refractivity contribution in [3.8, 4) is 17.0 Å². The van der Waals surface area contributed by atoms with E-state index in [4.69, 9.17) is 4.74 Å². The second-order valence-corrected chi connectivity index (χ2v) is 10.1. The number of nitrogens with zero attached hydrogens (tertiary/aromatic N) is 2. The Bertz CT molecular complexity index is 1380. The van der Waals surface area contributed by atoms with Gasteiger partial charge in [0.1, 0.15) is 5.75 Å². The molecule has 1 unspecified atom stereocenters. The lowest BCUT2D eigenvalue weighted by Crippen LogP contribution is -2.34. The summed E-state index contributed by atoms with van der Waals surface area (Å²) in [6.07, 6.45) is -0.389. The summed E-state index contributed by atoms with van der Waals surface area (Å²) in [6.45, 7) is 1.67. The van der Waals surface area contributed by atoms with Crippen LogP contribution < -0.4 is 19.7 Å². The van der Waals surface area contributed by atoms with Crippen molar-refractivity contribution in [3.63, 3.8) is 0 Å². The maximum atomic E-state index is 12.9. The standard InChI is InChI=1S/C21H18N4O5S2/c1-11-20(27)22-15-8-12(3-6-18(15)30-11)16-10-31-21(23-16)24-32(28,29)14-4-5-17-13(7-14)9-19(26)25(17)2/h3-8,10-11H,9H2,1-2H3,(H,22,27)(H,23,24). The summed E-state index contributed by atoms with van der Waals surface area (Å²) in [5.74, 6) is 0.259. The lowest BCUT2D eigenvalue weighted by molar-refractivity contribution is -0.122. The van der Waals surface area contributed by atoms with E-state index in [0.717, 1.165) is 11.3 Å². The van der Waals surface area contributed by atoms with Crippen LogP contribution in [-0.2, 0) is 26.0 Å². The van der Waals surface area contributed by atoms with Crippen LogP contribution in [0.5, 0.6) is 5.75 Å². The van der Waals surface area contributed by atoms with Crippen molar-refractivity contribution in [2.45, 2.75) is 24.3 Å². The molecular weight excluding hydrogens is 452 g/mol. The highest BCUT2D eigenvalue weighted by atomic mass is 32.2. The van der Waals surface area contributed by atoms with Crippen LogP contribution in [0.2, 0.25) is 0 Å². The van der Waals surface area contributed by atoms with Crippen molar-refractivity contribution in [3.05, 3.63) is 47.3 Å². The average molecular weight is 471 g/mol. The molecule has 9 nitrogen and oxygen atoms in total. The summed E-state index contributed by atoms with van der Waals surface area (Å²) >= 11 is 1.15. The number of nitrogens with one attached hydrogen (secondary N) is 2. The zero-order valence-corrected chi connectivity index (χ0v) is 18.7. The first-order chi connectivity index (χ1) is 15.2. The third-order valence-corrected chi connectivity index (χ3v) is 7.59. The number of benzene rings is 2. The second-order valence-electron chi connectivity index (χ2n) is 7.52. The molecule has 5 rings (SSSR count). The number of fused-ring (bicyclic) bond motifs is 2. The highest BCUT2D eigenvalue weighted by Gasteiger charge is 2.27. The van der Waals surface area contributed by atoms with E-state index in [1.807, 2.05) is 0 Å². The summed E-state index contributed by atoms with van der Waals surface area (Å²) in [6, 6.07) is 9.89. The number of likely N-dealkylation sites (N-methyl/N-ethyl adjacent to an activating group) is 1. The molecule has 1 atom stereocenters. The minimum Gasteiger partial charge on any atom is -0.479 e. The topological polar surface area (TPSA) is 118 Å². The van der Waals surface area contributed by atoms with Gasteiger partial charge in [0.2, 0.25) is 5.91 Å². The number of carbonyl (C=O) groups excluding carboxylic acids is 2. The summed E-state index contributed by atoms with van der Waals surface area (Å²) in [7, 11) is -2.21. The van der Waals surface area contributed by atoms with Crippen LogP contribution in [0.3, 0.4) is 0 Å². The molecule has 0 saturated carbocycles. The predicted octanol–water partition coefficient (Wildman–Crippen LogP) is 2.85. The van der Waals surface area contributed by atoms with Gasteiger partial charge in [-0.2, -0.15) is 0 Å². The summed E-state index contributed by atoms with van der Waals surface area (Å²) < 4.78 is 33.8. The lowest BCUT2D eigenvalue weighted by atomic mass is 10.1. The zero-order valence-electron chi connectivity index (χ0n) is 17.1. The molecule has 2 aliphatic rings. The van der Waals surface area contributed by atoms with Gasteiger partial charge in [0.25, 0.3) is 15.9 Å². The molecule has 1 aromatic heterocycles. The first-order valence-electron chi connectivity index (χ1n) is 9.71. The third-order valence-electron chi connectivity index (χ3n) is 5.37. The van der Waals surface area contributed by atoms with Crippen LogP contribution in [0.25, 0.3) is 11.3 Å². The van der Waals surface area contributed by atoms with E-state index in [1.165, 1.54) is 17.0 Å². The average Bonchev–Trinajstić information content (AvgIpc) is 3.32. The van der Waals surface area contributed by atoms with Crippen molar-refractivity contribution < 1.29 is 22.7 Å². The quantitative estimate of drug-likeness (QED) is 0.606. The Morgan fingerprint density at radius 3 is 2.84 bits per heavy atom. The summed E-state index contributed by atoms with van der Waals surface area (Å²) in [5.41, 5.74) is 3.20. The van der Waals surface area contributed by atoms with Crippen LogP contribution in [0.4, 0.5) is 16.5 Å². The maximum absolute atomic E-state index is 12.9. The van der Waals surface area contributed by atoms with Crippen molar-refractivity contribution in [1.82, 2.24) is 4.98 Å². The van der Waals surface area contributed by atoms with E-state index in [0.29, 0.717) is 33.9 Å². The Morgan fingerprint density at radius 2 is 2.03 bits per heavy atom. The van der Waals surface area contributed by atoms with Gasteiger partial charge in [-0.15, -0.1) is 11.3 Å². The first kappa shape index (κ1) is 20.5. The SMILES string of the molecule is CC1Oc2ccc(-c3csc(NS(=O)(=O)c4ccc5c(c4)CC(=O)N5C)n3)cc2NC1=O. The Labute approximate surface area is 188 Å². The number of amides is 2. The molecule has 32 heavy (non-hydrogen) atoms. The van der Waals surface area contributed by atoms with E-state index in [-0.39, 0.29) is 28.3 Å². The van der Waals surface area contributed by atoms with E-state index in [1.54, 1.807) is 43.6 Å². The molecule has 164 valence electrons. The van der Waals surface area contributed by atoms with Crippen LogP contribution in [0, 0.1) is 0 Å². The molecule has 0 saturated heterocycles. The molecule has 2 aromatic carbocycles. The molecule has 0 fully saturated rings. The van der Waals surface area contributed by atoms with Crippen LogP contribution >= 0.6 is 11.3 Å². The number of anilines is 3. The van der Waals surface area contributed by atoms with Gasteiger partial charge in [0.05, 0.1) is 22.7 Å². The highest BCUT2D eigenvalue weighted by molar-refractivity contribution is 7.93. The fourth-order valence-electron chi connectivity index (χ4n) is 3.61. The van der Waals surface area contributed by atoms with Crippen molar-refractivity contribution in [2.24, 2.45) is 0 Å². The van der Waals surface area contributed by atoms with Gasteiger partial charge in [-0.25, -0.2) is 13.4 Å². The van der Waals surface area contributed by atoms with E-state index in [9.17, 15) is 18.0 Å². The molecule has 2 N–H and O–H groups in total. The van der Waals surface area contributed by atoms with Crippen LogP contribution in [-0.4, -0.2) is 38.4 Å². The van der Waals surface area contributed by atoms with Gasteiger partial charge in [0.15, 0.2) is 11.2 Å². The number of hydrogen-bond acceptors (Lipinski definition) is 7. The van der Waals surface area contributed by atoms with Crippen molar-refractivity contribution in [2.75, 3.05) is 22.0 Å². The number of rotatable bonds is 4. The number of sulfonamides is 1. The highest BCUT2D eigenvalue weighted by Crippen LogP contribution is 2.35. The Morgan fingerprint density at radius 1 is 1.22 bits per heavy atom. The van der Waals surface area contributed by atoms with Gasteiger partial charge in [-0.05, 0) is 48.9 Å². The fourth-order valence-corrected chi connectivity index (χ4v) is 5.63. The first-order valence-corrected chi connectivity index (χ1v) is 12.1. The summed E-state index contributed by atoms with van der Waals surface area (Å²) in [4.78, 5) is 29.7. The molecule has 0 radical (unpaired) electrons. The van der Waals surface area contributed by atoms with Gasteiger partial charge < -0.3 is 15.0 Å². The van der Waals surface area contributed by atoms with Gasteiger partial charge in [-0.1, -0.05) is 0 Å². The number of thiazole rings is 1. The molecule has 2 aliphatic heterocycles. The number of hydrogen-bond donors (Lipinski definition) is 2. The molecule has 0 spiro atoms. The second kappa shape index (κ2) is 7.31. The van der Waals surface area contributed by atoms with Gasteiger partial charge >= 0.3 is 0 Å². The Hall–Kier alpha value is -3.44. The summed E-state index contributed by atoms with van der Waals surface area (Å²) in [5, 5.41) is 4.72. The molecule has 3 heterocycles. The lowest BCUT2D eigenvalue weighted by Gasteiger charge is -2.23. The fraction of sp³-hybridized carbons (Fsp3) is 0.190. The number of ether oxygens (including phenoxy) is 1. The predicted molar refractivity (Wildman–Crippen MR) is 121 cm³/mol. The van der Waals surface area contributed by atoms with Gasteiger partial charge in [0, 0.05) is 23.7 Å². The van der Waals surface area contributed by atoms with Crippen molar-refractivity contribution in [1.29, 1.82) is 0 Å². The number of carbonyl (C=O) groups is 2.